The topological polar surface area (TPSA) is 94.8 Å². The number of aromatic nitrogens is 3. The Bertz CT molecular complexity index is 1840. The van der Waals surface area contributed by atoms with Crippen LogP contribution in [0.4, 0.5) is 23.4 Å². The second-order valence-corrected chi connectivity index (χ2v) is 12.2. The molecule has 2 N–H and O–H groups in total. The molecule has 7 rings (SSSR count). The van der Waals surface area contributed by atoms with Crippen LogP contribution >= 0.6 is 0 Å². The van der Waals surface area contributed by atoms with E-state index in [1.807, 2.05) is 0 Å². The van der Waals surface area contributed by atoms with Gasteiger partial charge in [0, 0.05) is 43.2 Å². The molecule has 0 amide bonds. The van der Waals surface area contributed by atoms with Gasteiger partial charge in [0.15, 0.2) is 5.82 Å². The van der Waals surface area contributed by atoms with E-state index in [0.717, 1.165) is 19.4 Å². The Kier molecular flexibility index (Phi) is 7.41. The molecule has 0 radical (unpaired) electrons. The van der Waals surface area contributed by atoms with E-state index in [4.69, 9.17) is 11.2 Å². The summed E-state index contributed by atoms with van der Waals surface area (Å²) in [7, 11) is 0. The van der Waals surface area contributed by atoms with Crippen LogP contribution in [0.2, 0.25) is 0 Å². The second-order valence-electron chi connectivity index (χ2n) is 12.2. The Morgan fingerprint density at radius 3 is 2.76 bits per heavy atom. The van der Waals surface area contributed by atoms with Gasteiger partial charge < -0.3 is 19.8 Å². The molecule has 0 bridgehead atoms. The van der Waals surface area contributed by atoms with Crippen molar-refractivity contribution in [3.8, 4) is 35.4 Å². The van der Waals surface area contributed by atoms with E-state index >= 15 is 4.39 Å². The first-order valence-electron chi connectivity index (χ1n) is 15.0. The van der Waals surface area contributed by atoms with E-state index < -0.39 is 35.6 Å². The van der Waals surface area contributed by atoms with E-state index in [9.17, 15) is 23.4 Å². The predicted molar refractivity (Wildman–Crippen MR) is 161 cm³/mol. The normalized spacial score (nSPS) is 25.4. The molecule has 0 aliphatic carbocycles. The molecule has 8 nitrogen and oxygen atoms in total. The van der Waals surface area contributed by atoms with Crippen LogP contribution in [-0.4, -0.2) is 86.8 Å². The van der Waals surface area contributed by atoms with Crippen molar-refractivity contribution in [3.63, 3.8) is 0 Å². The van der Waals surface area contributed by atoms with Crippen molar-refractivity contribution < 1.29 is 32.5 Å². The third-order valence-electron chi connectivity index (χ3n) is 9.41. The lowest BCUT2D eigenvalue weighted by molar-refractivity contribution is 0.0759. The maximum Gasteiger partial charge on any atom is 0.319 e. The molecular formula is C33H31F4N5O3. The van der Waals surface area contributed by atoms with Crippen LogP contribution in [0.25, 0.3) is 32.9 Å². The highest BCUT2D eigenvalue weighted by molar-refractivity contribution is 6.03. The monoisotopic (exact) mass is 621 g/mol. The molecule has 3 saturated heterocycles. The number of fused-ring (bicyclic) bond motifs is 3. The molecule has 3 fully saturated rings. The lowest BCUT2D eigenvalue weighted by Crippen LogP contribution is -2.43. The summed E-state index contributed by atoms with van der Waals surface area (Å²) in [6.45, 7) is 1.62. The van der Waals surface area contributed by atoms with Crippen LogP contribution in [0.3, 0.4) is 0 Å². The van der Waals surface area contributed by atoms with Gasteiger partial charge in [-0.1, -0.05) is 12.0 Å². The fourth-order valence-electron chi connectivity index (χ4n) is 7.18. The van der Waals surface area contributed by atoms with Crippen LogP contribution in [0.15, 0.2) is 30.5 Å². The summed E-state index contributed by atoms with van der Waals surface area (Å²) in [4.78, 5) is 17.2. The zero-order valence-electron chi connectivity index (χ0n) is 24.3. The van der Waals surface area contributed by atoms with Crippen LogP contribution in [0.5, 0.6) is 11.8 Å². The Balaban J connectivity index is 1.38. The molecule has 2 aromatic heterocycles. The van der Waals surface area contributed by atoms with Gasteiger partial charge in [0.2, 0.25) is 0 Å². The summed E-state index contributed by atoms with van der Waals surface area (Å²) in [5, 5.41) is 21.4. The summed E-state index contributed by atoms with van der Waals surface area (Å²) >= 11 is 0. The fourth-order valence-corrected chi connectivity index (χ4v) is 7.18. The number of aromatic hydroxyl groups is 1. The number of terminal acetylenes is 1. The van der Waals surface area contributed by atoms with Gasteiger partial charge in [-0.15, -0.1) is 6.42 Å². The van der Waals surface area contributed by atoms with E-state index in [1.165, 1.54) is 30.5 Å². The first kappa shape index (κ1) is 29.5. The number of anilines is 1. The number of phenols is 1. The van der Waals surface area contributed by atoms with Gasteiger partial charge in [0.1, 0.15) is 47.5 Å². The quantitative estimate of drug-likeness (QED) is 0.236. The summed E-state index contributed by atoms with van der Waals surface area (Å²) in [6, 6.07) is 5.12. The number of pyridine rings is 1. The number of hydrogen-bond donors (Lipinski definition) is 2. The highest BCUT2D eigenvalue weighted by atomic mass is 19.1. The number of aliphatic hydroxyl groups is 1. The third kappa shape index (κ3) is 5.08. The molecule has 3 aliphatic rings. The molecule has 12 heteroatoms. The Morgan fingerprint density at radius 1 is 1.11 bits per heavy atom. The number of halogens is 4. The molecule has 0 saturated carbocycles. The largest absolute Gasteiger partial charge is 0.508 e. The molecule has 2 aromatic carbocycles. The molecule has 0 spiro atoms. The predicted octanol–water partition coefficient (Wildman–Crippen LogP) is 5.06. The van der Waals surface area contributed by atoms with Crippen LogP contribution in [0.1, 0.15) is 37.7 Å². The number of alkyl halides is 2. The second kappa shape index (κ2) is 11.3. The molecule has 3 aliphatic heterocycles. The number of aliphatic hydroxyl groups excluding tert-OH is 1. The van der Waals surface area contributed by atoms with Crippen molar-refractivity contribution in [1.82, 2.24) is 19.9 Å². The minimum absolute atomic E-state index is 0.0303. The van der Waals surface area contributed by atoms with E-state index in [2.05, 4.69) is 25.8 Å². The number of benzene rings is 2. The van der Waals surface area contributed by atoms with E-state index in [1.54, 1.807) is 4.90 Å². The van der Waals surface area contributed by atoms with Crippen molar-refractivity contribution >= 4 is 27.5 Å². The average Bonchev–Trinajstić information content (AvgIpc) is 3.49. The Hall–Kier alpha value is -4.21. The number of nitrogens with zero attached hydrogens (tertiary/aromatic N) is 5. The molecule has 234 valence electrons. The van der Waals surface area contributed by atoms with Crippen molar-refractivity contribution in [2.24, 2.45) is 0 Å². The number of phenolic OH excluding ortho intramolecular Hbond substituents is 1. The van der Waals surface area contributed by atoms with Gasteiger partial charge in [0.25, 0.3) is 0 Å². The van der Waals surface area contributed by atoms with Gasteiger partial charge >= 0.3 is 6.01 Å². The lowest BCUT2D eigenvalue weighted by atomic mass is 9.95. The molecule has 2 unspecified atom stereocenters. The Morgan fingerprint density at radius 2 is 1.93 bits per heavy atom. The van der Waals surface area contributed by atoms with E-state index in [0.29, 0.717) is 18.4 Å². The first-order valence-corrected chi connectivity index (χ1v) is 15.0. The maximum absolute atomic E-state index is 16.7. The summed E-state index contributed by atoms with van der Waals surface area (Å²) in [5.41, 5.74) is -0.939. The van der Waals surface area contributed by atoms with E-state index in [-0.39, 0.29) is 83.2 Å². The Labute approximate surface area is 256 Å². The number of rotatable bonds is 5. The lowest BCUT2D eigenvalue weighted by Gasteiger charge is -2.31. The molecule has 5 heterocycles. The summed E-state index contributed by atoms with van der Waals surface area (Å²) < 4.78 is 66.4. The summed E-state index contributed by atoms with van der Waals surface area (Å²) in [6.07, 6.45) is 5.59. The van der Waals surface area contributed by atoms with Gasteiger partial charge in [-0.2, -0.15) is 9.97 Å². The highest BCUT2D eigenvalue weighted by Crippen LogP contribution is 2.42. The third-order valence-corrected chi connectivity index (χ3v) is 9.41. The minimum Gasteiger partial charge on any atom is -0.508 e. The molecule has 45 heavy (non-hydrogen) atoms. The zero-order valence-corrected chi connectivity index (χ0v) is 24.3. The van der Waals surface area contributed by atoms with Crippen LogP contribution in [-0.2, 0) is 0 Å². The standard InChI is InChI=1S/C33H31F4N5O3/c1-2-21-24(35)5-4-18-12-20(43)13-22(27(18)21)29-28(37)30-23(15-38-29)31(41-10-6-25(36)26(44)7-11-41)40-32(39-30)45-17-33-8-3-9-42(33)16-19(34)14-33/h1,4-5,12-13,15,19,25-26,43-44H,3,6-11,14,16-17H2/t19-,25?,26?,33+/m1/s1. The minimum atomic E-state index is -1.42. The van der Waals surface area contributed by atoms with Gasteiger partial charge in [-0.05, 0) is 55.8 Å². The van der Waals surface area contributed by atoms with Crippen molar-refractivity contribution in [2.45, 2.75) is 56.1 Å². The smallest absolute Gasteiger partial charge is 0.319 e. The SMILES string of the molecule is C#Cc1c(F)ccc2cc(O)cc(-c3ncc4c(N5CCC(O)C(F)CC5)nc(OC[C@@]56CCCN5C[C@H](F)C6)nc4c3F)c12. The zero-order chi connectivity index (χ0) is 31.5. The van der Waals surface area contributed by atoms with Crippen molar-refractivity contribution in [2.75, 3.05) is 37.7 Å². The van der Waals surface area contributed by atoms with Gasteiger partial charge in [0.05, 0.1) is 22.6 Å². The highest BCUT2D eigenvalue weighted by Gasteiger charge is 2.49. The summed E-state index contributed by atoms with van der Waals surface area (Å²) in [5.74, 6) is 0.802. The first-order chi connectivity index (χ1) is 21.7. The van der Waals surface area contributed by atoms with Gasteiger partial charge in [-0.3, -0.25) is 9.88 Å². The molecular weight excluding hydrogens is 590 g/mol. The average molecular weight is 622 g/mol. The van der Waals surface area contributed by atoms with Crippen molar-refractivity contribution in [1.29, 1.82) is 0 Å². The van der Waals surface area contributed by atoms with Crippen LogP contribution < -0.4 is 9.64 Å². The maximum atomic E-state index is 16.7. The number of ether oxygens (including phenoxy) is 1. The van der Waals surface area contributed by atoms with Crippen molar-refractivity contribution in [3.05, 3.63) is 47.7 Å². The number of hydrogen-bond acceptors (Lipinski definition) is 8. The molecule has 4 aromatic rings. The molecule has 4 atom stereocenters. The fraction of sp³-hybridized carbons (Fsp3) is 0.424. The van der Waals surface area contributed by atoms with Gasteiger partial charge in [-0.25, -0.2) is 17.6 Å². The van der Waals surface area contributed by atoms with Crippen LogP contribution in [0, 0.1) is 24.0 Å².